The number of pyridine rings is 1. The fraction of sp³-hybridized carbons (Fsp3) is 0.550. The molecule has 1 aromatic rings. The van der Waals surface area contributed by atoms with Crippen molar-refractivity contribution in [1.29, 1.82) is 0 Å². The van der Waals surface area contributed by atoms with Gasteiger partial charge in [0, 0.05) is 37.4 Å². The van der Waals surface area contributed by atoms with Crippen LogP contribution in [0.5, 0.6) is 0 Å². The van der Waals surface area contributed by atoms with E-state index in [4.69, 9.17) is 5.73 Å². The maximum Gasteiger partial charge on any atom is 0.317 e. The molecule has 1 aromatic heterocycles. The number of urea groups is 1. The number of piperidine rings is 1. The van der Waals surface area contributed by atoms with Crippen LogP contribution in [-0.2, 0) is 4.79 Å². The Morgan fingerprint density at radius 2 is 2.00 bits per heavy atom. The van der Waals surface area contributed by atoms with Crippen LogP contribution in [0.3, 0.4) is 0 Å². The third-order valence-electron chi connectivity index (χ3n) is 5.15. The monoisotopic (exact) mass is 371 g/mol. The van der Waals surface area contributed by atoms with Gasteiger partial charge in [-0.1, -0.05) is 0 Å². The first kappa shape index (κ1) is 19.2. The Morgan fingerprint density at radius 3 is 2.59 bits per heavy atom. The first-order valence-electron chi connectivity index (χ1n) is 9.47. The highest BCUT2D eigenvalue weighted by atomic mass is 16.2. The summed E-state index contributed by atoms with van der Waals surface area (Å²) in [6.45, 7) is 8.29. The van der Waals surface area contributed by atoms with Crippen molar-refractivity contribution in [3.05, 3.63) is 30.0 Å². The highest BCUT2D eigenvalue weighted by molar-refractivity contribution is 5.91. The molecule has 27 heavy (non-hydrogen) atoms. The zero-order valence-corrected chi connectivity index (χ0v) is 16.2. The number of amides is 3. The van der Waals surface area contributed by atoms with E-state index in [1.807, 2.05) is 31.7 Å². The van der Waals surface area contributed by atoms with E-state index in [2.05, 4.69) is 15.6 Å². The van der Waals surface area contributed by atoms with Gasteiger partial charge in [0.15, 0.2) is 0 Å². The van der Waals surface area contributed by atoms with Crippen LogP contribution < -0.4 is 16.4 Å². The summed E-state index contributed by atoms with van der Waals surface area (Å²) >= 11 is 0. The molecule has 7 nitrogen and oxygen atoms in total. The van der Waals surface area contributed by atoms with Crippen LogP contribution >= 0.6 is 0 Å². The minimum atomic E-state index is -0.205. The average molecular weight is 371 g/mol. The van der Waals surface area contributed by atoms with Gasteiger partial charge in [0.05, 0.1) is 0 Å². The minimum absolute atomic E-state index is 0.0315. The number of fused-ring (bicyclic) bond motifs is 1. The fourth-order valence-corrected chi connectivity index (χ4v) is 3.75. The molecule has 2 aliphatic rings. The molecular weight excluding hydrogens is 342 g/mol. The molecule has 0 unspecified atom stereocenters. The van der Waals surface area contributed by atoms with E-state index in [0.29, 0.717) is 30.1 Å². The molecule has 1 aliphatic heterocycles. The lowest BCUT2D eigenvalue weighted by molar-refractivity contribution is -0.116. The Hall–Kier alpha value is -2.57. The number of carbonyl (C=O) groups is 2. The summed E-state index contributed by atoms with van der Waals surface area (Å²) in [5.74, 6) is 2.15. The van der Waals surface area contributed by atoms with Crippen molar-refractivity contribution in [2.75, 3.05) is 25.4 Å². The second-order valence-corrected chi connectivity index (χ2v) is 8.51. The fourth-order valence-electron chi connectivity index (χ4n) is 3.75. The van der Waals surface area contributed by atoms with E-state index < -0.39 is 0 Å². The van der Waals surface area contributed by atoms with Crippen LogP contribution in [0.25, 0.3) is 6.08 Å². The first-order valence-corrected chi connectivity index (χ1v) is 9.47. The van der Waals surface area contributed by atoms with E-state index in [1.165, 1.54) is 6.08 Å². The SMILES string of the molecule is CC(C)(C)NC(=O)N1C[C@@H]2[C@@H](CCNC(=O)/C=C/c3ccc(N)nc3)[C@@H]2C1. The number of nitrogens with one attached hydrogen (secondary N) is 2. The number of nitrogens with zero attached hydrogens (tertiary/aromatic N) is 2. The highest BCUT2D eigenvalue weighted by Crippen LogP contribution is 2.53. The summed E-state index contributed by atoms with van der Waals surface area (Å²) < 4.78 is 0. The van der Waals surface area contributed by atoms with Gasteiger partial charge in [0.1, 0.15) is 5.82 Å². The lowest BCUT2D eigenvalue weighted by Crippen LogP contribution is -2.48. The summed E-state index contributed by atoms with van der Waals surface area (Å²) in [5, 5.41) is 5.94. The number of aromatic nitrogens is 1. The summed E-state index contributed by atoms with van der Waals surface area (Å²) in [5.41, 5.74) is 6.17. The lowest BCUT2D eigenvalue weighted by Gasteiger charge is -2.27. The van der Waals surface area contributed by atoms with Gasteiger partial charge in [0.25, 0.3) is 0 Å². The van der Waals surface area contributed by atoms with Gasteiger partial charge in [-0.25, -0.2) is 9.78 Å². The minimum Gasteiger partial charge on any atom is -0.384 e. The molecule has 3 atom stereocenters. The quantitative estimate of drug-likeness (QED) is 0.688. The number of anilines is 1. The van der Waals surface area contributed by atoms with Gasteiger partial charge < -0.3 is 21.3 Å². The summed E-state index contributed by atoms with van der Waals surface area (Å²) in [7, 11) is 0. The summed E-state index contributed by atoms with van der Waals surface area (Å²) in [4.78, 5) is 30.0. The van der Waals surface area contributed by atoms with Crippen molar-refractivity contribution in [3.8, 4) is 0 Å². The van der Waals surface area contributed by atoms with E-state index in [0.717, 1.165) is 25.1 Å². The molecular formula is C20H29N5O2. The summed E-state index contributed by atoms with van der Waals surface area (Å²) in [6, 6.07) is 3.55. The smallest absolute Gasteiger partial charge is 0.317 e. The van der Waals surface area contributed by atoms with Crippen molar-refractivity contribution < 1.29 is 9.59 Å². The molecule has 0 radical (unpaired) electrons. The molecule has 3 rings (SSSR count). The van der Waals surface area contributed by atoms with Crippen molar-refractivity contribution in [2.24, 2.45) is 17.8 Å². The lowest BCUT2D eigenvalue weighted by atomic mass is 10.1. The van der Waals surface area contributed by atoms with E-state index in [1.54, 1.807) is 18.3 Å². The Bertz CT molecular complexity index is 711. The number of hydrogen-bond donors (Lipinski definition) is 3. The number of nitrogens with two attached hydrogens (primary N) is 1. The van der Waals surface area contributed by atoms with Gasteiger partial charge in [-0.3, -0.25) is 4.79 Å². The van der Waals surface area contributed by atoms with Crippen LogP contribution in [0.15, 0.2) is 24.4 Å². The Balaban J connectivity index is 1.33. The van der Waals surface area contributed by atoms with Gasteiger partial charge in [0.2, 0.25) is 5.91 Å². The van der Waals surface area contributed by atoms with Gasteiger partial charge in [-0.15, -0.1) is 0 Å². The molecule has 0 aromatic carbocycles. The average Bonchev–Trinajstić information content (AvgIpc) is 3.02. The number of likely N-dealkylation sites (tertiary alicyclic amines) is 1. The van der Waals surface area contributed by atoms with Crippen LogP contribution in [0.2, 0.25) is 0 Å². The highest BCUT2D eigenvalue weighted by Gasteiger charge is 2.55. The molecule has 2 fully saturated rings. The normalized spacial score (nSPS) is 24.0. The predicted octanol–water partition coefficient (Wildman–Crippen LogP) is 1.87. The molecule has 2 heterocycles. The zero-order chi connectivity index (χ0) is 19.6. The van der Waals surface area contributed by atoms with Gasteiger partial charge in [-0.05, 0) is 68.7 Å². The third-order valence-corrected chi connectivity index (χ3v) is 5.15. The molecule has 7 heteroatoms. The van der Waals surface area contributed by atoms with Gasteiger partial charge in [-0.2, -0.15) is 0 Å². The second-order valence-electron chi connectivity index (χ2n) is 8.51. The van der Waals surface area contributed by atoms with Crippen molar-refractivity contribution in [2.45, 2.75) is 32.7 Å². The molecule has 4 N–H and O–H groups in total. The zero-order valence-electron chi connectivity index (χ0n) is 16.2. The molecule has 0 spiro atoms. The topological polar surface area (TPSA) is 100 Å². The van der Waals surface area contributed by atoms with Gasteiger partial charge >= 0.3 is 6.03 Å². The Morgan fingerprint density at radius 1 is 1.30 bits per heavy atom. The molecule has 146 valence electrons. The molecule has 0 bridgehead atoms. The molecule has 1 saturated carbocycles. The standard InChI is InChI=1S/C20H29N5O2/c1-20(2,3)24-19(27)25-11-15-14(16(15)12-25)8-9-22-18(26)7-5-13-4-6-17(21)23-10-13/h4-7,10,14-16H,8-9,11-12H2,1-3H3,(H2,21,23)(H,22,26)(H,24,27)/b7-5+/t14-,15-,16+. The third kappa shape index (κ3) is 5.21. The van der Waals surface area contributed by atoms with Crippen LogP contribution in [-0.4, -0.2) is 47.0 Å². The Labute approximate surface area is 160 Å². The largest absolute Gasteiger partial charge is 0.384 e. The number of carbonyl (C=O) groups excluding carboxylic acids is 2. The van der Waals surface area contributed by atoms with E-state index in [9.17, 15) is 9.59 Å². The van der Waals surface area contributed by atoms with Crippen LogP contribution in [0.4, 0.5) is 10.6 Å². The molecule has 3 amide bonds. The van der Waals surface area contributed by atoms with E-state index >= 15 is 0 Å². The second kappa shape index (κ2) is 7.58. The first-order chi connectivity index (χ1) is 12.7. The van der Waals surface area contributed by atoms with Crippen molar-refractivity contribution in [1.82, 2.24) is 20.5 Å². The van der Waals surface area contributed by atoms with Crippen molar-refractivity contribution >= 4 is 23.8 Å². The number of nitrogen functional groups attached to an aromatic ring is 1. The maximum atomic E-state index is 12.2. The Kier molecular flexibility index (Phi) is 5.39. The predicted molar refractivity (Wildman–Crippen MR) is 106 cm³/mol. The van der Waals surface area contributed by atoms with E-state index in [-0.39, 0.29) is 17.5 Å². The van der Waals surface area contributed by atoms with Crippen LogP contribution in [0, 0.1) is 17.8 Å². The van der Waals surface area contributed by atoms with Crippen molar-refractivity contribution in [3.63, 3.8) is 0 Å². The molecule has 1 saturated heterocycles. The molecule has 1 aliphatic carbocycles. The number of hydrogen-bond acceptors (Lipinski definition) is 4. The summed E-state index contributed by atoms with van der Waals surface area (Å²) in [6.07, 6.45) is 5.83. The van der Waals surface area contributed by atoms with Crippen LogP contribution in [0.1, 0.15) is 32.8 Å². The number of rotatable bonds is 5. The maximum absolute atomic E-state index is 12.2.